The third-order valence-electron chi connectivity index (χ3n) is 4.60. The Morgan fingerprint density at radius 2 is 2.00 bits per heavy atom. The minimum Gasteiger partial charge on any atom is -0.395 e. The van der Waals surface area contributed by atoms with Crippen LogP contribution in [0.5, 0.6) is 0 Å². The van der Waals surface area contributed by atoms with Crippen molar-refractivity contribution in [2.75, 3.05) is 37.7 Å². The molecule has 0 saturated carbocycles. The minimum atomic E-state index is -3.26. The van der Waals surface area contributed by atoms with E-state index in [9.17, 15) is 17.6 Å². The van der Waals surface area contributed by atoms with E-state index in [0.717, 1.165) is 12.1 Å². The summed E-state index contributed by atoms with van der Waals surface area (Å²) < 4.78 is 37.3. The number of amides is 1. The molecule has 0 bridgehead atoms. The minimum absolute atomic E-state index is 0.00944. The zero-order chi connectivity index (χ0) is 17.5. The highest BCUT2D eigenvalue weighted by Crippen LogP contribution is 2.29. The number of aliphatic hydroxyl groups is 1. The van der Waals surface area contributed by atoms with Crippen molar-refractivity contribution in [2.24, 2.45) is 0 Å². The molecule has 0 radical (unpaired) electrons. The molecule has 2 aliphatic heterocycles. The number of rotatable bonds is 3. The lowest BCUT2D eigenvalue weighted by Gasteiger charge is -2.43. The third kappa shape index (κ3) is 3.28. The van der Waals surface area contributed by atoms with Crippen molar-refractivity contribution in [3.05, 3.63) is 34.6 Å². The van der Waals surface area contributed by atoms with Gasteiger partial charge >= 0.3 is 0 Å². The number of β-amino-alcohol motifs (C(OH)–C–C–N with tert-alkyl or cyclic N) is 1. The predicted octanol–water partition coefficient (Wildman–Crippen LogP) is 0.395. The average molecular weight is 377 g/mol. The number of fused-ring (bicyclic) bond motifs is 1. The number of benzene rings is 1. The van der Waals surface area contributed by atoms with E-state index in [1.807, 2.05) is 4.90 Å². The summed E-state index contributed by atoms with van der Waals surface area (Å²) in [4.78, 5) is 16.2. The summed E-state index contributed by atoms with van der Waals surface area (Å²) in [5.74, 6) is -1.07. The molecule has 2 saturated heterocycles. The number of carbonyl (C=O) groups excluding carboxylic acids is 1. The smallest absolute Gasteiger partial charge is 0.255 e. The van der Waals surface area contributed by atoms with E-state index in [-0.39, 0.29) is 34.7 Å². The predicted molar refractivity (Wildman–Crippen MR) is 87.3 cm³/mol. The molecule has 24 heavy (non-hydrogen) atoms. The van der Waals surface area contributed by atoms with Gasteiger partial charge in [0.15, 0.2) is 9.84 Å². The third-order valence-corrected chi connectivity index (χ3v) is 6.61. The molecule has 2 atom stereocenters. The SMILES string of the molecule is O=C(c1ccc(F)cc1Cl)N1CCN(CCO)[C@H]2CS(=O)(=O)C[C@H]21. The fourth-order valence-corrected chi connectivity index (χ4v) is 5.76. The van der Waals surface area contributed by atoms with Gasteiger partial charge in [0.1, 0.15) is 5.82 Å². The number of nitrogens with zero attached hydrogens (tertiary/aromatic N) is 2. The summed E-state index contributed by atoms with van der Waals surface area (Å²) in [7, 11) is -3.26. The number of piperazine rings is 1. The van der Waals surface area contributed by atoms with Crippen molar-refractivity contribution in [1.29, 1.82) is 0 Å². The molecule has 1 aromatic carbocycles. The first-order valence-electron chi connectivity index (χ1n) is 7.64. The van der Waals surface area contributed by atoms with Crippen molar-refractivity contribution < 1.29 is 22.7 Å². The van der Waals surface area contributed by atoms with Gasteiger partial charge in [-0.05, 0) is 18.2 Å². The van der Waals surface area contributed by atoms with Gasteiger partial charge in [0, 0.05) is 25.7 Å². The van der Waals surface area contributed by atoms with E-state index in [0.29, 0.717) is 19.6 Å². The van der Waals surface area contributed by atoms with Crippen LogP contribution in [0.3, 0.4) is 0 Å². The summed E-state index contributed by atoms with van der Waals surface area (Å²) in [5, 5.41) is 9.17. The summed E-state index contributed by atoms with van der Waals surface area (Å²) in [5.41, 5.74) is 0.164. The maximum absolute atomic E-state index is 13.2. The quantitative estimate of drug-likeness (QED) is 0.826. The van der Waals surface area contributed by atoms with Crippen LogP contribution in [0.15, 0.2) is 18.2 Å². The molecule has 0 aromatic heterocycles. The zero-order valence-electron chi connectivity index (χ0n) is 12.9. The van der Waals surface area contributed by atoms with Gasteiger partial charge in [0.25, 0.3) is 5.91 Å². The molecule has 1 amide bonds. The van der Waals surface area contributed by atoms with Gasteiger partial charge in [-0.2, -0.15) is 0 Å². The van der Waals surface area contributed by atoms with Crippen LogP contribution < -0.4 is 0 Å². The molecule has 2 fully saturated rings. The number of sulfone groups is 1. The van der Waals surface area contributed by atoms with Crippen LogP contribution >= 0.6 is 11.6 Å². The standard InChI is InChI=1S/C15H18ClFN2O4S/c16-12-7-10(17)1-2-11(12)15(21)19-4-3-18(5-6-20)13-8-24(22,23)9-14(13)19/h1-2,7,13-14,20H,3-6,8-9H2/t13-,14+/m0/s1. The lowest BCUT2D eigenvalue weighted by molar-refractivity contribution is 0.0281. The highest BCUT2D eigenvalue weighted by molar-refractivity contribution is 7.91. The van der Waals surface area contributed by atoms with Crippen molar-refractivity contribution in [2.45, 2.75) is 12.1 Å². The Kier molecular flexibility index (Phi) is 4.83. The fourth-order valence-electron chi connectivity index (χ4n) is 3.50. The maximum atomic E-state index is 13.2. The molecule has 0 unspecified atom stereocenters. The number of carbonyl (C=O) groups is 1. The Morgan fingerprint density at radius 1 is 1.29 bits per heavy atom. The molecule has 6 nitrogen and oxygen atoms in total. The van der Waals surface area contributed by atoms with E-state index in [1.165, 1.54) is 11.0 Å². The van der Waals surface area contributed by atoms with E-state index >= 15 is 0 Å². The Bertz CT molecular complexity index is 758. The van der Waals surface area contributed by atoms with Gasteiger partial charge in [-0.25, -0.2) is 12.8 Å². The fraction of sp³-hybridized carbons (Fsp3) is 0.533. The van der Waals surface area contributed by atoms with Crippen LogP contribution in [0.1, 0.15) is 10.4 Å². The van der Waals surface area contributed by atoms with Gasteiger partial charge in [-0.1, -0.05) is 11.6 Å². The lowest BCUT2D eigenvalue weighted by Crippen LogP contribution is -2.61. The van der Waals surface area contributed by atoms with Crippen molar-refractivity contribution in [3.8, 4) is 0 Å². The first-order valence-corrected chi connectivity index (χ1v) is 9.83. The second kappa shape index (κ2) is 6.59. The molecule has 1 N–H and O–H groups in total. The Morgan fingerprint density at radius 3 is 2.67 bits per heavy atom. The zero-order valence-corrected chi connectivity index (χ0v) is 14.4. The second-order valence-corrected chi connectivity index (χ2v) is 8.65. The first kappa shape index (κ1) is 17.6. The second-order valence-electron chi connectivity index (χ2n) is 6.09. The maximum Gasteiger partial charge on any atom is 0.255 e. The molecule has 9 heteroatoms. The van der Waals surface area contributed by atoms with Crippen LogP contribution in [0.2, 0.25) is 5.02 Å². The van der Waals surface area contributed by atoms with Gasteiger partial charge in [0.2, 0.25) is 0 Å². The lowest BCUT2D eigenvalue weighted by atomic mass is 10.0. The van der Waals surface area contributed by atoms with E-state index in [1.54, 1.807) is 0 Å². The largest absolute Gasteiger partial charge is 0.395 e. The average Bonchev–Trinajstić information content (AvgIpc) is 2.82. The Hall–Kier alpha value is -1.22. The molecule has 0 aliphatic carbocycles. The molecule has 132 valence electrons. The van der Waals surface area contributed by atoms with Crippen molar-refractivity contribution >= 4 is 27.3 Å². The van der Waals surface area contributed by atoms with Gasteiger partial charge in [0.05, 0.1) is 34.7 Å². The monoisotopic (exact) mass is 376 g/mol. The molecule has 1 aromatic rings. The van der Waals surface area contributed by atoms with Crippen LogP contribution in [-0.4, -0.2) is 79.1 Å². The molecular weight excluding hydrogens is 359 g/mol. The van der Waals surface area contributed by atoms with Crippen LogP contribution in [0, 0.1) is 5.82 Å². The number of hydrogen-bond donors (Lipinski definition) is 1. The van der Waals surface area contributed by atoms with Crippen LogP contribution in [0.25, 0.3) is 0 Å². The van der Waals surface area contributed by atoms with Gasteiger partial charge < -0.3 is 10.0 Å². The summed E-state index contributed by atoms with van der Waals surface area (Å²) in [6, 6.07) is 2.73. The molecule has 2 heterocycles. The van der Waals surface area contributed by atoms with Crippen molar-refractivity contribution in [3.63, 3.8) is 0 Å². The van der Waals surface area contributed by atoms with E-state index < -0.39 is 27.6 Å². The first-order chi connectivity index (χ1) is 11.3. The Balaban J connectivity index is 1.89. The summed E-state index contributed by atoms with van der Waals surface area (Å²) >= 11 is 5.97. The van der Waals surface area contributed by atoms with Crippen LogP contribution in [0.4, 0.5) is 4.39 Å². The number of halogens is 2. The van der Waals surface area contributed by atoms with Gasteiger partial charge in [-0.15, -0.1) is 0 Å². The highest BCUT2D eigenvalue weighted by atomic mass is 35.5. The number of hydrogen-bond acceptors (Lipinski definition) is 5. The molecular formula is C15H18ClFN2O4S. The van der Waals surface area contributed by atoms with Crippen LogP contribution in [-0.2, 0) is 9.84 Å². The van der Waals surface area contributed by atoms with E-state index in [4.69, 9.17) is 16.7 Å². The highest BCUT2D eigenvalue weighted by Gasteiger charge is 2.48. The molecule has 2 aliphatic rings. The van der Waals surface area contributed by atoms with E-state index in [2.05, 4.69) is 0 Å². The summed E-state index contributed by atoms with van der Waals surface area (Å²) in [6.07, 6.45) is 0. The van der Waals surface area contributed by atoms with Gasteiger partial charge in [-0.3, -0.25) is 9.69 Å². The summed E-state index contributed by atoms with van der Waals surface area (Å²) in [6.45, 7) is 1.11. The molecule has 0 spiro atoms. The topological polar surface area (TPSA) is 77.9 Å². The molecule has 3 rings (SSSR count). The Labute approximate surface area is 144 Å². The normalized spacial score (nSPS) is 26.4. The number of aliphatic hydroxyl groups excluding tert-OH is 1. The van der Waals surface area contributed by atoms with Crippen molar-refractivity contribution in [1.82, 2.24) is 9.80 Å².